The molecule has 0 heterocycles. The second-order valence-corrected chi connectivity index (χ2v) is 20.2. The SMILES string of the molecule is CC(C)(C)[Si](C)(C)C.CC(C)(C)c1ccccc1.CC1(C)C2CC3CC(C2)CC1C3. The largest absolute Gasteiger partial charge is 0.0692 e. The Morgan fingerprint density at radius 1 is 0.700 bits per heavy atom. The summed E-state index contributed by atoms with van der Waals surface area (Å²) in [5, 5.41) is 0.576. The Kier molecular flexibility index (Phi) is 7.82. The van der Waals surface area contributed by atoms with E-state index in [1.807, 2.05) is 0 Å². The second-order valence-electron chi connectivity index (χ2n) is 14.2. The normalized spacial score (nSPS) is 29.4. The quantitative estimate of drug-likeness (QED) is 0.361. The molecule has 0 saturated heterocycles. The van der Waals surface area contributed by atoms with Crippen LogP contribution >= 0.6 is 0 Å². The zero-order valence-electron chi connectivity index (χ0n) is 22.2. The van der Waals surface area contributed by atoms with E-state index in [2.05, 4.69) is 105 Å². The van der Waals surface area contributed by atoms with Gasteiger partial charge in [-0.2, -0.15) is 0 Å². The van der Waals surface area contributed by atoms with E-state index >= 15 is 0 Å². The fourth-order valence-corrected chi connectivity index (χ4v) is 5.34. The smallest absolute Gasteiger partial charge is 0.0496 e. The fraction of sp³-hybridized carbons (Fsp3) is 0.793. The third kappa shape index (κ3) is 6.47. The van der Waals surface area contributed by atoms with E-state index in [0.717, 1.165) is 23.7 Å². The Hall–Kier alpha value is -0.563. The molecule has 0 nitrogen and oxygen atoms in total. The van der Waals surface area contributed by atoms with Gasteiger partial charge in [0.25, 0.3) is 0 Å². The maximum Gasteiger partial charge on any atom is 0.0496 e. The van der Waals surface area contributed by atoms with E-state index in [1.54, 1.807) is 32.1 Å². The van der Waals surface area contributed by atoms with Gasteiger partial charge in [-0.05, 0) is 77.2 Å². The summed E-state index contributed by atoms with van der Waals surface area (Å²) in [5.74, 6) is 4.46. The average molecular weight is 429 g/mol. The molecule has 4 aliphatic carbocycles. The van der Waals surface area contributed by atoms with Crippen molar-refractivity contribution in [2.75, 3.05) is 0 Å². The molecule has 4 bridgehead atoms. The van der Waals surface area contributed by atoms with Crippen molar-refractivity contribution in [1.29, 1.82) is 0 Å². The highest BCUT2D eigenvalue weighted by Crippen LogP contribution is 2.61. The van der Waals surface area contributed by atoms with Gasteiger partial charge in [-0.15, -0.1) is 0 Å². The minimum Gasteiger partial charge on any atom is -0.0692 e. The summed E-state index contributed by atoms with van der Waals surface area (Å²) < 4.78 is 0. The van der Waals surface area contributed by atoms with Crippen LogP contribution in [0.4, 0.5) is 0 Å². The van der Waals surface area contributed by atoms with Crippen molar-refractivity contribution in [2.24, 2.45) is 29.1 Å². The van der Waals surface area contributed by atoms with Crippen molar-refractivity contribution in [3.8, 4) is 0 Å². The molecule has 30 heavy (non-hydrogen) atoms. The van der Waals surface area contributed by atoms with Crippen molar-refractivity contribution in [3.05, 3.63) is 35.9 Å². The summed E-state index contributed by atoms with van der Waals surface area (Å²) in [4.78, 5) is 0. The zero-order valence-corrected chi connectivity index (χ0v) is 23.2. The average Bonchev–Trinajstić information content (AvgIpc) is 2.59. The van der Waals surface area contributed by atoms with E-state index < -0.39 is 8.07 Å². The molecule has 1 aromatic rings. The number of hydrogen-bond acceptors (Lipinski definition) is 0. The van der Waals surface area contributed by atoms with Crippen molar-refractivity contribution < 1.29 is 0 Å². The lowest BCUT2D eigenvalue weighted by Gasteiger charge is -2.59. The lowest BCUT2D eigenvalue weighted by Crippen LogP contribution is -2.49. The van der Waals surface area contributed by atoms with E-state index in [9.17, 15) is 0 Å². The first-order chi connectivity index (χ1) is 13.5. The molecule has 4 saturated carbocycles. The summed E-state index contributed by atoms with van der Waals surface area (Å²) in [6, 6.07) is 10.6. The lowest BCUT2D eigenvalue weighted by atomic mass is 9.46. The van der Waals surface area contributed by atoms with Crippen LogP contribution < -0.4 is 0 Å². The molecule has 1 aromatic carbocycles. The van der Waals surface area contributed by atoms with E-state index in [0.29, 0.717) is 15.9 Å². The molecule has 0 aliphatic heterocycles. The summed E-state index contributed by atoms with van der Waals surface area (Å²) >= 11 is 0. The third-order valence-electron chi connectivity index (χ3n) is 9.13. The van der Waals surface area contributed by atoms with Crippen LogP contribution in [0.15, 0.2) is 30.3 Å². The van der Waals surface area contributed by atoms with Gasteiger partial charge in [0.2, 0.25) is 0 Å². The highest BCUT2D eigenvalue weighted by atomic mass is 28.3. The first kappa shape index (κ1) is 25.7. The molecule has 0 N–H and O–H groups in total. The topological polar surface area (TPSA) is 0 Å². The molecule has 0 spiro atoms. The van der Waals surface area contributed by atoms with Gasteiger partial charge in [0, 0.05) is 8.07 Å². The van der Waals surface area contributed by atoms with Crippen LogP contribution in [-0.2, 0) is 5.41 Å². The maximum absolute atomic E-state index is 2.53. The van der Waals surface area contributed by atoms with Crippen molar-refractivity contribution in [2.45, 2.75) is 118 Å². The van der Waals surface area contributed by atoms with Gasteiger partial charge < -0.3 is 0 Å². The first-order valence-corrected chi connectivity index (χ1v) is 16.1. The van der Waals surface area contributed by atoms with Crippen LogP contribution in [-0.4, -0.2) is 8.07 Å². The lowest BCUT2D eigenvalue weighted by molar-refractivity contribution is -0.0876. The standard InChI is InChI=1S/C12H20.C10H14.C7H18Si/c1-12(2)10-4-8-3-9(6-10)7-11(12)5-8;1-10(2,3)9-7-5-4-6-8-9;1-7(2,3)8(4,5)6/h8-11H,3-7H2,1-2H3;4-8H,1-3H3;1-6H3. The highest BCUT2D eigenvalue weighted by molar-refractivity contribution is 6.78. The molecular weight excluding hydrogens is 376 g/mol. The summed E-state index contributed by atoms with van der Waals surface area (Å²) in [5.41, 5.74) is 2.39. The summed E-state index contributed by atoms with van der Waals surface area (Å²) in [7, 11) is -0.859. The minimum absolute atomic E-state index is 0.293. The van der Waals surface area contributed by atoms with Crippen LogP contribution in [0.3, 0.4) is 0 Å². The summed E-state index contributed by atoms with van der Waals surface area (Å²) in [6.07, 6.45) is 7.86. The molecule has 0 unspecified atom stereocenters. The predicted octanol–water partition coefficient (Wildman–Crippen LogP) is 9.58. The Morgan fingerprint density at radius 2 is 1.07 bits per heavy atom. The Labute approximate surface area is 190 Å². The third-order valence-corrected chi connectivity index (χ3v) is 13.6. The molecular formula is C29H52Si. The van der Waals surface area contributed by atoms with Gasteiger partial charge in [0.1, 0.15) is 0 Å². The zero-order chi connectivity index (χ0) is 23.0. The molecule has 0 amide bonds. The van der Waals surface area contributed by atoms with Gasteiger partial charge in [-0.25, -0.2) is 0 Å². The molecule has 0 atom stereocenters. The molecule has 172 valence electrons. The molecule has 0 radical (unpaired) electrons. The minimum atomic E-state index is -0.859. The van der Waals surface area contributed by atoms with Crippen LogP contribution in [0.5, 0.6) is 0 Å². The Morgan fingerprint density at radius 3 is 1.33 bits per heavy atom. The Bertz CT molecular complexity index is 606. The predicted molar refractivity (Wildman–Crippen MR) is 139 cm³/mol. The molecule has 5 rings (SSSR count). The van der Waals surface area contributed by atoms with Gasteiger partial charge >= 0.3 is 0 Å². The van der Waals surface area contributed by atoms with E-state index in [4.69, 9.17) is 0 Å². The number of benzene rings is 1. The van der Waals surface area contributed by atoms with Crippen molar-refractivity contribution in [3.63, 3.8) is 0 Å². The maximum atomic E-state index is 2.53. The highest BCUT2D eigenvalue weighted by Gasteiger charge is 2.52. The first-order valence-electron chi connectivity index (χ1n) is 12.6. The molecule has 4 aliphatic rings. The number of rotatable bonds is 0. The van der Waals surface area contributed by atoms with Crippen LogP contribution in [0.2, 0.25) is 24.7 Å². The van der Waals surface area contributed by atoms with Gasteiger partial charge in [0.15, 0.2) is 0 Å². The van der Waals surface area contributed by atoms with Gasteiger partial charge in [0.05, 0.1) is 0 Å². The van der Waals surface area contributed by atoms with Crippen molar-refractivity contribution in [1.82, 2.24) is 0 Å². The monoisotopic (exact) mass is 428 g/mol. The van der Waals surface area contributed by atoms with Crippen molar-refractivity contribution >= 4 is 8.07 Å². The second kappa shape index (κ2) is 9.12. The molecule has 1 heteroatoms. The van der Waals surface area contributed by atoms with Crippen LogP contribution in [0.25, 0.3) is 0 Å². The van der Waals surface area contributed by atoms with E-state index in [-0.39, 0.29) is 0 Å². The summed E-state index contributed by atoms with van der Waals surface area (Å²) in [6.45, 7) is 26.0. The van der Waals surface area contributed by atoms with Gasteiger partial charge in [-0.1, -0.05) is 105 Å². The fourth-order valence-electron chi connectivity index (χ4n) is 5.34. The van der Waals surface area contributed by atoms with Crippen LogP contribution in [0.1, 0.15) is 93.1 Å². The van der Waals surface area contributed by atoms with E-state index in [1.165, 1.54) is 5.56 Å². The Balaban J connectivity index is 0.000000165. The van der Waals surface area contributed by atoms with Crippen LogP contribution in [0, 0.1) is 29.1 Å². The number of hydrogen-bond donors (Lipinski definition) is 0. The van der Waals surface area contributed by atoms with Gasteiger partial charge in [-0.3, -0.25) is 0 Å². The molecule has 0 aromatic heterocycles. The molecule has 4 fully saturated rings.